The summed E-state index contributed by atoms with van der Waals surface area (Å²) in [5.74, 6) is -0.0705. The van der Waals surface area contributed by atoms with Gasteiger partial charge in [0.25, 0.3) is 0 Å². The van der Waals surface area contributed by atoms with Gasteiger partial charge in [0.1, 0.15) is 0 Å². The Labute approximate surface area is 120 Å². The number of ketones is 1. The Balaban J connectivity index is 2.20. The molecule has 0 radical (unpaired) electrons. The minimum atomic E-state index is -3.52. The molecule has 1 atom stereocenters. The molecule has 4 nitrogen and oxygen atoms in total. The molecule has 0 saturated heterocycles. The summed E-state index contributed by atoms with van der Waals surface area (Å²) < 4.78 is 27.5. The second-order valence-corrected chi connectivity index (χ2v) is 7.85. The van der Waals surface area contributed by atoms with E-state index in [0.717, 1.165) is 19.3 Å². The van der Waals surface area contributed by atoms with Crippen molar-refractivity contribution < 1.29 is 13.2 Å². The van der Waals surface area contributed by atoms with Gasteiger partial charge in [0.2, 0.25) is 10.0 Å². The molecule has 1 aromatic rings. The molecule has 5 heteroatoms. The van der Waals surface area contributed by atoms with Gasteiger partial charge in [-0.25, -0.2) is 13.1 Å². The summed E-state index contributed by atoms with van der Waals surface area (Å²) in [5.41, 5.74) is 0.511. The first-order valence-electron chi connectivity index (χ1n) is 6.86. The van der Waals surface area contributed by atoms with Crippen molar-refractivity contribution >= 4 is 15.8 Å². The van der Waals surface area contributed by atoms with Crippen LogP contribution in [0.15, 0.2) is 29.2 Å². The zero-order valence-corrected chi connectivity index (χ0v) is 13.0. The van der Waals surface area contributed by atoms with E-state index < -0.39 is 10.0 Å². The summed E-state index contributed by atoms with van der Waals surface area (Å²) in [7, 11) is -3.52. The summed E-state index contributed by atoms with van der Waals surface area (Å²) in [6.07, 6.45) is 2.95. The monoisotopic (exact) mass is 295 g/mol. The molecule has 1 aromatic carbocycles. The van der Waals surface area contributed by atoms with Crippen molar-refractivity contribution in [1.29, 1.82) is 0 Å². The average Bonchev–Trinajstić information content (AvgIpc) is 2.68. The number of carbonyl (C=O) groups is 1. The number of rotatable bonds is 4. The predicted molar refractivity (Wildman–Crippen MR) is 78.2 cm³/mol. The lowest BCUT2D eigenvalue weighted by atomic mass is 9.88. The van der Waals surface area contributed by atoms with E-state index >= 15 is 0 Å². The predicted octanol–water partition coefficient (Wildman–Crippen LogP) is 2.75. The largest absolute Gasteiger partial charge is 0.295 e. The van der Waals surface area contributed by atoms with Gasteiger partial charge >= 0.3 is 0 Å². The second-order valence-electron chi connectivity index (χ2n) is 6.14. The molecular weight excluding hydrogens is 274 g/mol. The van der Waals surface area contributed by atoms with Crippen LogP contribution in [0, 0.1) is 5.41 Å². The van der Waals surface area contributed by atoms with Crippen molar-refractivity contribution in [3.8, 4) is 0 Å². The molecule has 0 aliphatic heterocycles. The molecule has 1 fully saturated rings. The van der Waals surface area contributed by atoms with Gasteiger partial charge in [0, 0.05) is 11.6 Å². The van der Waals surface area contributed by atoms with Crippen LogP contribution in [-0.4, -0.2) is 20.2 Å². The Morgan fingerprint density at radius 2 is 1.85 bits per heavy atom. The number of nitrogens with one attached hydrogen (secondary N) is 1. The quantitative estimate of drug-likeness (QED) is 0.869. The molecule has 1 N–H and O–H groups in total. The topological polar surface area (TPSA) is 63.2 Å². The fourth-order valence-electron chi connectivity index (χ4n) is 2.67. The number of carbonyl (C=O) groups excluding carboxylic acids is 1. The van der Waals surface area contributed by atoms with Crippen molar-refractivity contribution in [3.63, 3.8) is 0 Å². The van der Waals surface area contributed by atoms with E-state index in [4.69, 9.17) is 0 Å². The minimum absolute atomic E-state index is 0.00754. The molecule has 0 amide bonds. The van der Waals surface area contributed by atoms with E-state index in [9.17, 15) is 13.2 Å². The molecule has 20 heavy (non-hydrogen) atoms. The fourth-order valence-corrected chi connectivity index (χ4v) is 4.11. The van der Waals surface area contributed by atoms with E-state index in [2.05, 4.69) is 18.6 Å². The first-order valence-corrected chi connectivity index (χ1v) is 8.34. The number of sulfonamides is 1. The highest BCUT2D eigenvalue weighted by molar-refractivity contribution is 7.89. The van der Waals surface area contributed by atoms with Crippen LogP contribution in [-0.2, 0) is 10.0 Å². The van der Waals surface area contributed by atoms with Gasteiger partial charge in [0.05, 0.1) is 4.90 Å². The van der Waals surface area contributed by atoms with E-state index in [-0.39, 0.29) is 22.1 Å². The van der Waals surface area contributed by atoms with E-state index in [1.807, 2.05) is 0 Å². The maximum absolute atomic E-state index is 12.4. The van der Waals surface area contributed by atoms with E-state index in [0.29, 0.717) is 5.56 Å². The second kappa shape index (κ2) is 5.30. The lowest BCUT2D eigenvalue weighted by molar-refractivity contribution is 0.101. The number of Topliss-reactive ketones (excluding diaryl/α,β-unsaturated/α-hetero) is 1. The van der Waals surface area contributed by atoms with E-state index in [1.165, 1.54) is 19.1 Å². The summed E-state index contributed by atoms with van der Waals surface area (Å²) in [4.78, 5) is 11.4. The molecule has 0 bridgehead atoms. The number of hydrogen-bond acceptors (Lipinski definition) is 3. The van der Waals surface area contributed by atoms with Gasteiger partial charge in [-0.2, -0.15) is 0 Å². The zero-order chi connectivity index (χ0) is 15.0. The Morgan fingerprint density at radius 1 is 1.25 bits per heavy atom. The van der Waals surface area contributed by atoms with Gasteiger partial charge in [-0.05, 0) is 37.3 Å². The third-order valence-corrected chi connectivity index (χ3v) is 5.61. The molecule has 1 aliphatic rings. The standard InChI is InChI=1S/C15H21NO3S/c1-11(17)12-6-8-13(9-7-12)20(18,19)16-14-5-4-10-15(14,2)3/h6-9,14,16H,4-5,10H2,1-3H3. The first-order chi connectivity index (χ1) is 9.22. The van der Waals surface area contributed by atoms with Crippen LogP contribution in [0.2, 0.25) is 0 Å². The maximum Gasteiger partial charge on any atom is 0.240 e. The molecule has 110 valence electrons. The van der Waals surface area contributed by atoms with Gasteiger partial charge in [-0.15, -0.1) is 0 Å². The maximum atomic E-state index is 12.4. The van der Waals surface area contributed by atoms with Gasteiger partial charge in [-0.1, -0.05) is 32.4 Å². The van der Waals surface area contributed by atoms with Crippen LogP contribution in [0.3, 0.4) is 0 Å². The Kier molecular flexibility index (Phi) is 4.02. The van der Waals surface area contributed by atoms with Gasteiger partial charge in [0.15, 0.2) is 5.78 Å². The van der Waals surface area contributed by atoms with Crippen molar-refractivity contribution in [2.75, 3.05) is 0 Å². The van der Waals surface area contributed by atoms with Crippen LogP contribution in [0.4, 0.5) is 0 Å². The highest BCUT2D eigenvalue weighted by Crippen LogP contribution is 2.37. The van der Waals surface area contributed by atoms with Crippen LogP contribution < -0.4 is 4.72 Å². The van der Waals surface area contributed by atoms with Gasteiger partial charge < -0.3 is 0 Å². The third-order valence-electron chi connectivity index (χ3n) is 4.13. The molecular formula is C15H21NO3S. The lowest BCUT2D eigenvalue weighted by Crippen LogP contribution is -2.41. The molecule has 2 rings (SSSR count). The Morgan fingerprint density at radius 3 is 2.30 bits per heavy atom. The number of hydrogen-bond donors (Lipinski definition) is 1. The average molecular weight is 295 g/mol. The van der Waals surface area contributed by atoms with Crippen LogP contribution in [0.1, 0.15) is 50.4 Å². The van der Waals surface area contributed by atoms with Crippen molar-refractivity contribution in [3.05, 3.63) is 29.8 Å². The highest BCUT2D eigenvalue weighted by Gasteiger charge is 2.37. The van der Waals surface area contributed by atoms with Crippen molar-refractivity contribution in [2.45, 2.75) is 51.0 Å². The Bertz CT molecular complexity index is 603. The molecule has 1 unspecified atom stereocenters. The minimum Gasteiger partial charge on any atom is -0.295 e. The van der Waals surface area contributed by atoms with Crippen LogP contribution in [0.5, 0.6) is 0 Å². The lowest BCUT2D eigenvalue weighted by Gasteiger charge is -2.27. The normalized spacial score (nSPS) is 21.9. The molecule has 0 aromatic heterocycles. The summed E-state index contributed by atoms with van der Waals surface area (Å²) in [6, 6.07) is 6.05. The fraction of sp³-hybridized carbons (Fsp3) is 0.533. The third kappa shape index (κ3) is 3.10. The molecule has 1 saturated carbocycles. The smallest absolute Gasteiger partial charge is 0.240 e. The highest BCUT2D eigenvalue weighted by atomic mass is 32.2. The van der Waals surface area contributed by atoms with Crippen LogP contribution >= 0.6 is 0 Å². The summed E-state index contributed by atoms with van der Waals surface area (Å²) in [6.45, 7) is 5.64. The molecule has 1 aliphatic carbocycles. The Hall–Kier alpha value is -1.20. The van der Waals surface area contributed by atoms with Crippen molar-refractivity contribution in [1.82, 2.24) is 4.72 Å². The summed E-state index contributed by atoms with van der Waals surface area (Å²) in [5, 5.41) is 0. The van der Waals surface area contributed by atoms with Gasteiger partial charge in [-0.3, -0.25) is 4.79 Å². The first kappa shape index (κ1) is 15.2. The van der Waals surface area contributed by atoms with E-state index in [1.54, 1.807) is 12.1 Å². The molecule has 0 spiro atoms. The van der Waals surface area contributed by atoms with Crippen molar-refractivity contribution in [2.24, 2.45) is 5.41 Å². The number of benzene rings is 1. The SMILES string of the molecule is CC(=O)c1ccc(S(=O)(=O)NC2CCCC2(C)C)cc1. The molecule has 0 heterocycles. The van der Waals surface area contributed by atoms with Crippen LogP contribution in [0.25, 0.3) is 0 Å². The zero-order valence-electron chi connectivity index (χ0n) is 12.1. The summed E-state index contributed by atoms with van der Waals surface area (Å²) >= 11 is 0.